The number of methoxy groups -OCH3 is 3. The van der Waals surface area contributed by atoms with Gasteiger partial charge in [0.1, 0.15) is 35.7 Å². The zero-order valence-electron chi connectivity index (χ0n) is 30.2. The third-order valence-corrected chi connectivity index (χ3v) is 10.8. The topological polar surface area (TPSA) is 174 Å². The average Bonchev–Trinajstić information content (AvgIpc) is 3.59. The molecule has 1 fully saturated rings. The average molecular weight is 760 g/mol. The smallest absolute Gasteiger partial charge is 0.330 e. The zero-order valence-corrected chi connectivity index (χ0v) is 31.1. The lowest BCUT2D eigenvalue weighted by Crippen LogP contribution is -2.40. The second-order valence-corrected chi connectivity index (χ2v) is 14.8. The first-order valence-corrected chi connectivity index (χ1v) is 18.9. The Morgan fingerprint density at radius 3 is 2.09 bits per heavy atom. The predicted molar refractivity (Wildman–Crippen MR) is 198 cm³/mol. The summed E-state index contributed by atoms with van der Waals surface area (Å²) in [7, 11) is 0.295. The lowest BCUT2D eigenvalue weighted by Gasteiger charge is -2.39. The Kier molecular flexibility index (Phi) is 11.7. The third kappa shape index (κ3) is 8.28. The van der Waals surface area contributed by atoms with Gasteiger partial charge in [0.15, 0.2) is 6.20 Å². The third-order valence-electron chi connectivity index (χ3n) is 9.45. The molecule has 0 bridgehead atoms. The number of ether oxygens (including phenoxy) is 5. The number of aryl methyl sites for hydroxylation is 1. The van der Waals surface area contributed by atoms with Crippen molar-refractivity contribution in [2.45, 2.75) is 50.4 Å². The highest BCUT2D eigenvalue weighted by Gasteiger charge is 2.47. The Morgan fingerprint density at radius 2 is 1.50 bits per heavy atom. The molecule has 0 aliphatic carbocycles. The Morgan fingerprint density at radius 1 is 0.907 bits per heavy atom. The molecule has 2 N–H and O–H groups in total. The first-order valence-electron chi connectivity index (χ1n) is 17.2. The maximum atomic E-state index is 13.5. The molecule has 1 saturated heterocycles. The van der Waals surface area contributed by atoms with Crippen molar-refractivity contribution in [1.82, 2.24) is 9.55 Å². The van der Waals surface area contributed by atoms with Crippen LogP contribution < -0.4 is 30.2 Å². The lowest BCUT2D eigenvalue weighted by molar-refractivity contribution is -0.616. The van der Waals surface area contributed by atoms with E-state index >= 15 is 0 Å². The molecule has 3 heterocycles. The molecule has 0 amide bonds. The number of hydrogen-bond acceptors (Lipinski definition) is 10. The van der Waals surface area contributed by atoms with E-state index in [1.807, 2.05) is 78.9 Å². The normalized spacial score (nSPS) is 18.2. The van der Waals surface area contributed by atoms with E-state index in [9.17, 15) is 24.3 Å². The molecular weight excluding hydrogens is 717 g/mol. The predicted octanol–water partition coefficient (Wildman–Crippen LogP) is 4.96. The van der Waals surface area contributed by atoms with Crippen molar-refractivity contribution in [3.63, 3.8) is 0 Å². The highest BCUT2D eigenvalue weighted by atomic mass is 31.2. The van der Waals surface area contributed by atoms with Crippen molar-refractivity contribution < 1.29 is 42.4 Å². The van der Waals surface area contributed by atoms with Gasteiger partial charge in [-0.05, 0) is 54.3 Å². The molecule has 3 aromatic carbocycles. The first-order chi connectivity index (χ1) is 26.0. The van der Waals surface area contributed by atoms with Crippen LogP contribution in [0.25, 0.3) is 0 Å². The maximum absolute atomic E-state index is 13.5. The Bertz CT molecular complexity index is 2160. The molecule has 1 aliphatic heterocycles. The second-order valence-electron chi connectivity index (χ2n) is 12.8. The van der Waals surface area contributed by atoms with Gasteiger partial charge < -0.3 is 33.8 Å². The SMILES string of the molecule is COc1ccc(C(O[C@H]2C[C@H](n3cc(C)c(=O)[nH]c3=O)O[C@@H]2CCP(=O)(O)OCc2cc(OC)cc[n+]2[O-])(c2ccccc2)c2ccc(OC)cc2)cc1. The van der Waals surface area contributed by atoms with Crippen LogP contribution in [-0.2, 0) is 30.8 Å². The Labute approximate surface area is 311 Å². The largest absolute Gasteiger partial charge is 0.618 e. The van der Waals surface area contributed by atoms with E-state index in [1.165, 1.54) is 36.2 Å². The van der Waals surface area contributed by atoms with Crippen LogP contribution in [0, 0.1) is 12.1 Å². The van der Waals surface area contributed by atoms with E-state index in [0.717, 1.165) is 16.7 Å². The molecular formula is C39H42N3O11P. The van der Waals surface area contributed by atoms with Gasteiger partial charge in [0.2, 0.25) is 5.69 Å². The molecule has 284 valence electrons. The minimum atomic E-state index is -4.31. The highest BCUT2D eigenvalue weighted by molar-refractivity contribution is 7.52. The summed E-state index contributed by atoms with van der Waals surface area (Å²) in [4.78, 5) is 38.7. The number of benzene rings is 3. The van der Waals surface area contributed by atoms with Crippen LogP contribution in [0.4, 0.5) is 0 Å². The summed E-state index contributed by atoms with van der Waals surface area (Å²) in [6.45, 7) is 1.14. The summed E-state index contributed by atoms with van der Waals surface area (Å²) in [5.74, 6) is 1.67. The summed E-state index contributed by atoms with van der Waals surface area (Å²) < 4.78 is 50.6. The fourth-order valence-electron chi connectivity index (χ4n) is 6.58. The summed E-state index contributed by atoms with van der Waals surface area (Å²) in [6.07, 6.45) is -0.159. The van der Waals surface area contributed by atoms with Crippen LogP contribution in [0.3, 0.4) is 0 Å². The van der Waals surface area contributed by atoms with Crippen molar-refractivity contribution in [3.05, 3.63) is 157 Å². The molecule has 54 heavy (non-hydrogen) atoms. The van der Waals surface area contributed by atoms with Gasteiger partial charge in [-0.3, -0.25) is 23.4 Å². The van der Waals surface area contributed by atoms with Crippen molar-refractivity contribution in [2.75, 3.05) is 27.5 Å². The van der Waals surface area contributed by atoms with Crippen molar-refractivity contribution >= 4 is 7.60 Å². The van der Waals surface area contributed by atoms with Gasteiger partial charge in [-0.1, -0.05) is 54.6 Å². The van der Waals surface area contributed by atoms with Gasteiger partial charge >= 0.3 is 13.3 Å². The van der Waals surface area contributed by atoms with E-state index in [1.54, 1.807) is 21.1 Å². The van der Waals surface area contributed by atoms with E-state index in [-0.39, 0.29) is 24.7 Å². The summed E-state index contributed by atoms with van der Waals surface area (Å²) >= 11 is 0. The van der Waals surface area contributed by atoms with E-state index < -0.39 is 49.5 Å². The number of H-pyrrole nitrogens is 1. The number of nitrogens with zero attached hydrogens (tertiary/aromatic N) is 2. The van der Waals surface area contributed by atoms with Gasteiger partial charge in [0.05, 0.1) is 45.8 Å². The number of nitrogens with one attached hydrogen (secondary N) is 1. The minimum Gasteiger partial charge on any atom is -0.618 e. The summed E-state index contributed by atoms with van der Waals surface area (Å²) in [5.41, 5.74) is 0.195. The molecule has 2 aromatic heterocycles. The quantitative estimate of drug-likeness (QED) is 0.0639. The highest BCUT2D eigenvalue weighted by Crippen LogP contribution is 2.48. The van der Waals surface area contributed by atoms with E-state index in [2.05, 4.69) is 4.98 Å². The molecule has 0 saturated carbocycles. The number of aromatic nitrogens is 3. The fourth-order valence-corrected chi connectivity index (χ4v) is 7.62. The number of aromatic amines is 1. The molecule has 0 radical (unpaired) electrons. The van der Waals surface area contributed by atoms with Gasteiger partial charge in [-0.25, -0.2) is 4.79 Å². The van der Waals surface area contributed by atoms with Gasteiger partial charge in [0, 0.05) is 24.2 Å². The number of pyridine rings is 1. The molecule has 6 rings (SSSR count). The maximum Gasteiger partial charge on any atom is 0.330 e. The van der Waals surface area contributed by atoms with Crippen LogP contribution in [0.1, 0.15) is 47.0 Å². The zero-order chi connectivity index (χ0) is 38.5. The molecule has 4 atom stereocenters. The second kappa shape index (κ2) is 16.4. The Hall–Kier alpha value is -5.24. The Balaban J connectivity index is 1.40. The van der Waals surface area contributed by atoms with Crippen LogP contribution in [0.2, 0.25) is 0 Å². The lowest BCUT2D eigenvalue weighted by atomic mass is 9.79. The van der Waals surface area contributed by atoms with Crippen LogP contribution >= 0.6 is 7.60 Å². The van der Waals surface area contributed by atoms with Crippen LogP contribution in [0.15, 0.2) is 113 Å². The molecule has 5 aromatic rings. The summed E-state index contributed by atoms with van der Waals surface area (Å²) in [6, 6.07) is 27.5. The number of rotatable bonds is 15. The molecule has 1 aliphatic rings. The summed E-state index contributed by atoms with van der Waals surface area (Å²) in [5, 5.41) is 12.3. The fraction of sp³-hybridized carbons (Fsp3) is 0.308. The van der Waals surface area contributed by atoms with Crippen LogP contribution in [0.5, 0.6) is 17.2 Å². The molecule has 15 heteroatoms. The van der Waals surface area contributed by atoms with Gasteiger partial charge in [0.25, 0.3) is 5.56 Å². The van der Waals surface area contributed by atoms with Gasteiger partial charge in [-0.15, -0.1) is 0 Å². The minimum absolute atomic E-state index is 0.0301. The van der Waals surface area contributed by atoms with Crippen molar-refractivity contribution in [2.24, 2.45) is 0 Å². The van der Waals surface area contributed by atoms with E-state index in [4.69, 9.17) is 28.2 Å². The number of hydrogen-bond donors (Lipinski definition) is 2. The van der Waals surface area contributed by atoms with Gasteiger partial charge in [-0.2, -0.15) is 4.73 Å². The van der Waals surface area contributed by atoms with Crippen LogP contribution in [-0.4, -0.2) is 54.1 Å². The van der Waals surface area contributed by atoms with Crippen molar-refractivity contribution in [3.8, 4) is 17.2 Å². The molecule has 14 nitrogen and oxygen atoms in total. The van der Waals surface area contributed by atoms with Crippen molar-refractivity contribution in [1.29, 1.82) is 0 Å². The molecule has 0 spiro atoms. The van der Waals surface area contributed by atoms with E-state index in [0.29, 0.717) is 27.5 Å². The molecule has 1 unspecified atom stereocenters. The monoisotopic (exact) mass is 759 g/mol. The standard InChI is InChI=1S/C39H42N3O11P/c1-26-24-41(38(44)40-37(26)43)36-23-35(34(52-36)19-21-54(46,47)51-25-30-22-33(50-4)18-20-42(30)45)53-39(27-8-6-5-7-9-27,28-10-14-31(48-2)15-11-28)29-12-16-32(49-3)17-13-29/h5-18,20,22,24,34-36H,19,21,23,25H2,1-4H3,(H,46,47)(H,40,43,44)/t34-,35+,36-/m1/s1. The first kappa shape index (κ1) is 38.5.